The molecule has 3 rings (SSSR count). The molecule has 0 spiro atoms. The van der Waals surface area contributed by atoms with Crippen LogP contribution in [0, 0.1) is 25.7 Å². The average molecular weight is 386 g/mol. The van der Waals surface area contributed by atoms with Gasteiger partial charge >= 0.3 is 0 Å². The van der Waals surface area contributed by atoms with Gasteiger partial charge in [0.2, 0.25) is 17.7 Å². The number of aryl methyl sites for hydroxylation is 2. The molecule has 2 aromatic rings. The summed E-state index contributed by atoms with van der Waals surface area (Å²) in [7, 11) is 1.68. The predicted molar refractivity (Wildman–Crippen MR) is 107 cm³/mol. The fraction of sp³-hybridized carbons (Fsp3) is 0.591. The number of nitrogens with one attached hydrogen (secondary N) is 1. The van der Waals surface area contributed by atoms with Gasteiger partial charge in [0.15, 0.2) is 0 Å². The van der Waals surface area contributed by atoms with Crippen LogP contribution in [0.2, 0.25) is 0 Å². The summed E-state index contributed by atoms with van der Waals surface area (Å²) >= 11 is 0. The van der Waals surface area contributed by atoms with Crippen molar-refractivity contribution in [1.82, 2.24) is 15.5 Å². The summed E-state index contributed by atoms with van der Waals surface area (Å²) in [6.07, 6.45) is 3.60. The highest BCUT2D eigenvalue weighted by atomic mass is 16.5. The van der Waals surface area contributed by atoms with Crippen LogP contribution in [0.3, 0.4) is 0 Å². The Balaban J connectivity index is 1.72. The average Bonchev–Trinajstić information content (AvgIpc) is 3.39. The van der Waals surface area contributed by atoms with Crippen molar-refractivity contribution < 1.29 is 13.9 Å². The number of hydrogen-bond acceptors (Lipinski definition) is 5. The van der Waals surface area contributed by atoms with E-state index in [1.54, 1.807) is 14.0 Å². The molecule has 28 heavy (non-hydrogen) atoms. The minimum atomic E-state index is -0.244. The number of aromatic nitrogens is 2. The van der Waals surface area contributed by atoms with Gasteiger partial charge in [-0.15, -0.1) is 10.2 Å². The topological polar surface area (TPSA) is 77.2 Å². The van der Waals surface area contributed by atoms with Crippen LogP contribution < -0.4 is 10.1 Å². The van der Waals surface area contributed by atoms with Crippen molar-refractivity contribution >= 4 is 5.91 Å². The van der Waals surface area contributed by atoms with Crippen molar-refractivity contribution in [2.45, 2.75) is 65.3 Å². The monoisotopic (exact) mass is 385 g/mol. The van der Waals surface area contributed by atoms with Crippen LogP contribution in [-0.2, 0) is 4.79 Å². The second-order valence-corrected chi connectivity index (χ2v) is 8.29. The summed E-state index contributed by atoms with van der Waals surface area (Å²) in [6.45, 7) is 8.05. The van der Waals surface area contributed by atoms with Crippen molar-refractivity contribution in [3.8, 4) is 5.75 Å². The SMILES string of the molecule is COc1ccc(C(CC(=O)NC(CC(C)C)c2nnc(C)o2)C2CC2)cc1C. The molecule has 1 aromatic heterocycles. The molecular formula is C22H31N3O3. The molecule has 1 fully saturated rings. The normalized spacial score (nSPS) is 16.1. The van der Waals surface area contributed by atoms with Gasteiger partial charge < -0.3 is 14.5 Å². The van der Waals surface area contributed by atoms with Crippen molar-refractivity contribution in [2.75, 3.05) is 7.11 Å². The molecule has 2 atom stereocenters. The quantitative estimate of drug-likeness (QED) is 0.688. The summed E-state index contributed by atoms with van der Waals surface area (Å²) in [4.78, 5) is 12.9. The minimum Gasteiger partial charge on any atom is -0.496 e. The zero-order valence-electron chi connectivity index (χ0n) is 17.5. The molecule has 1 saturated carbocycles. The van der Waals surface area contributed by atoms with Gasteiger partial charge in [-0.05, 0) is 61.1 Å². The van der Waals surface area contributed by atoms with Gasteiger partial charge in [-0.1, -0.05) is 26.0 Å². The Labute approximate surface area is 167 Å². The fourth-order valence-electron chi connectivity index (χ4n) is 3.79. The van der Waals surface area contributed by atoms with Gasteiger partial charge in [-0.25, -0.2) is 0 Å². The van der Waals surface area contributed by atoms with Crippen molar-refractivity contribution in [3.63, 3.8) is 0 Å². The highest BCUT2D eigenvalue weighted by molar-refractivity contribution is 5.77. The van der Waals surface area contributed by atoms with Crippen molar-refractivity contribution in [1.29, 1.82) is 0 Å². The van der Waals surface area contributed by atoms with E-state index in [2.05, 4.69) is 41.5 Å². The van der Waals surface area contributed by atoms with Crippen molar-refractivity contribution in [3.05, 3.63) is 41.1 Å². The first kappa shape index (κ1) is 20.4. The lowest BCUT2D eigenvalue weighted by atomic mass is 9.89. The zero-order chi connectivity index (χ0) is 20.3. The largest absolute Gasteiger partial charge is 0.496 e. The maximum Gasteiger partial charge on any atom is 0.238 e. The second kappa shape index (κ2) is 8.76. The second-order valence-electron chi connectivity index (χ2n) is 8.29. The first-order valence-electron chi connectivity index (χ1n) is 10.1. The number of carbonyl (C=O) groups excluding carboxylic acids is 1. The highest BCUT2D eigenvalue weighted by Crippen LogP contribution is 2.45. The minimum absolute atomic E-state index is 0.0341. The van der Waals surface area contributed by atoms with E-state index in [0.717, 1.165) is 17.7 Å². The molecule has 1 N–H and O–H groups in total. The molecular weight excluding hydrogens is 354 g/mol. The van der Waals surface area contributed by atoms with E-state index < -0.39 is 0 Å². The van der Waals surface area contributed by atoms with Gasteiger partial charge in [0.1, 0.15) is 11.8 Å². The molecule has 1 aromatic carbocycles. The molecule has 0 bridgehead atoms. The number of nitrogens with zero attached hydrogens (tertiary/aromatic N) is 2. The van der Waals surface area contributed by atoms with Gasteiger partial charge in [-0.2, -0.15) is 0 Å². The maximum absolute atomic E-state index is 12.9. The molecule has 6 nitrogen and oxygen atoms in total. The van der Waals surface area contributed by atoms with E-state index in [4.69, 9.17) is 9.15 Å². The number of rotatable bonds is 9. The Kier molecular flexibility index (Phi) is 6.37. The van der Waals surface area contributed by atoms with Gasteiger partial charge in [-0.3, -0.25) is 4.79 Å². The Hall–Kier alpha value is -2.37. The Morgan fingerprint density at radius 3 is 2.57 bits per heavy atom. The highest BCUT2D eigenvalue weighted by Gasteiger charge is 2.34. The van der Waals surface area contributed by atoms with Gasteiger partial charge in [0.05, 0.1) is 7.11 Å². The van der Waals surface area contributed by atoms with Crippen LogP contribution >= 0.6 is 0 Å². The molecule has 2 unspecified atom stereocenters. The lowest BCUT2D eigenvalue weighted by Crippen LogP contribution is -2.31. The third kappa shape index (κ3) is 5.12. The molecule has 1 aliphatic rings. The number of hydrogen-bond donors (Lipinski definition) is 1. The van der Waals surface area contributed by atoms with Crippen LogP contribution in [0.25, 0.3) is 0 Å². The molecule has 1 amide bonds. The lowest BCUT2D eigenvalue weighted by Gasteiger charge is -2.21. The number of ether oxygens (including phenoxy) is 1. The van der Waals surface area contributed by atoms with E-state index in [1.165, 1.54) is 18.4 Å². The summed E-state index contributed by atoms with van der Waals surface area (Å²) in [6, 6.07) is 6.00. The number of carbonyl (C=O) groups is 1. The van der Waals surface area contributed by atoms with Crippen molar-refractivity contribution in [2.24, 2.45) is 11.8 Å². The maximum atomic E-state index is 12.9. The predicted octanol–water partition coefficient (Wildman–Crippen LogP) is 4.48. The van der Waals surface area contributed by atoms with E-state index >= 15 is 0 Å². The first-order chi connectivity index (χ1) is 13.4. The third-order valence-electron chi connectivity index (χ3n) is 5.33. The summed E-state index contributed by atoms with van der Waals surface area (Å²) < 4.78 is 11.0. The Morgan fingerprint density at radius 1 is 1.29 bits per heavy atom. The Morgan fingerprint density at radius 2 is 2.04 bits per heavy atom. The van der Waals surface area contributed by atoms with E-state index in [1.807, 2.05) is 13.0 Å². The number of amides is 1. The van der Waals surface area contributed by atoms with Crippen LogP contribution in [0.1, 0.15) is 74.4 Å². The fourth-order valence-corrected chi connectivity index (χ4v) is 3.79. The summed E-state index contributed by atoms with van der Waals surface area (Å²) in [5.41, 5.74) is 2.31. The smallest absolute Gasteiger partial charge is 0.238 e. The molecule has 6 heteroatoms. The Bertz CT molecular complexity index is 811. The van der Waals surface area contributed by atoms with Gasteiger partial charge in [0, 0.05) is 13.3 Å². The summed E-state index contributed by atoms with van der Waals surface area (Å²) in [5.74, 6) is 3.13. The van der Waals surface area contributed by atoms with Crippen LogP contribution in [-0.4, -0.2) is 23.2 Å². The van der Waals surface area contributed by atoms with Gasteiger partial charge in [0.25, 0.3) is 0 Å². The molecule has 1 heterocycles. The molecule has 152 valence electrons. The van der Waals surface area contributed by atoms with Crippen LogP contribution in [0.5, 0.6) is 5.75 Å². The first-order valence-corrected chi connectivity index (χ1v) is 10.1. The van der Waals surface area contributed by atoms with E-state index in [-0.39, 0.29) is 17.9 Å². The molecule has 0 saturated heterocycles. The number of methoxy groups -OCH3 is 1. The zero-order valence-corrected chi connectivity index (χ0v) is 17.5. The van der Waals surface area contributed by atoms with E-state index in [9.17, 15) is 4.79 Å². The molecule has 0 radical (unpaired) electrons. The van der Waals surface area contributed by atoms with Crippen LogP contribution in [0.4, 0.5) is 0 Å². The molecule has 1 aliphatic carbocycles. The summed E-state index contributed by atoms with van der Waals surface area (Å²) in [5, 5.41) is 11.2. The molecule has 0 aliphatic heterocycles. The standard InChI is InChI=1S/C22H31N3O3/c1-13(2)10-19(22-25-24-15(4)28-22)23-21(26)12-18(16-6-7-16)17-8-9-20(27-5)14(3)11-17/h8-9,11,13,16,18-19H,6-7,10,12H2,1-5H3,(H,23,26). The third-order valence-corrected chi connectivity index (χ3v) is 5.33. The van der Waals surface area contributed by atoms with Crippen LogP contribution in [0.15, 0.2) is 22.6 Å². The van der Waals surface area contributed by atoms with E-state index in [0.29, 0.717) is 30.0 Å². The number of benzene rings is 1. The lowest BCUT2D eigenvalue weighted by molar-refractivity contribution is -0.122.